The van der Waals surface area contributed by atoms with Crippen LogP contribution in [0.2, 0.25) is 0 Å². The molecule has 0 unspecified atom stereocenters. The summed E-state index contributed by atoms with van der Waals surface area (Å²) in [4.78, 5) is 14.1. The smallest absolute Gasteiger partial charge is 0.317 e. The van der Waals surface area contributed by atoms with Gasteiger partial charge in [0.15, 0.2) is 9.84 Å². The first-order valence-corrected chi connectivity index (χ1v) is 11.2. The molecule has 0 aromatic heterocycles. The Balaban J connectivity index is 1.72. The molecule has 0 spiro atoms. The average Bonchev–Trinajstić information content (AvgIpc) is 2.70. The maximum absolute atomic E-state index is 12.3. The van der Waals surface area contributed by atoms with Crippen molar-refractivity contribution in [3.05, 3.63) is 59.7 Å². The molecule has 0 bridgehead atoms. The lowest BCUT2D eigenvalue weighted by Crippen LogP contribution is -2.37. The van der Waals surface area contributed by atoms with E-state index in [1.165, 1.54) is 18.4 Å². The highest BCUT2D eigenvalue weighted by Crippen LogP contribution is 2.16. The van der Waals surface area contributed by atoms with E-state index in [4.69, 9.17) is 9.47 Å². The van der Waals surface area contributed by atoms with Crippen LogP contribution in [-0.2, 0) is 27.7 Å². The second-order valence-electron chi connectivity index (χ2n) is 6.73. The van der Waals surface area contributed by atoms with E-state index in [1.807, 2.05) is 24.3 Å². The summed E-state index contributed by atoms with van der Waals surface area (Å²) in [5, 5.41) is 2.91. The molecule has 1 N–H and O–H groups in total. The van der Waals surface area contributed by atoms with Crippen LogP contribution >= 0.6 is 0 Å². The van der Waals surface area contributed by atoms with Crippen molar-refractivity contribution in [2.24, 2.45) is 0 Å². The topological polar surface area (TPSA) is 84.9 Å². The van der Waals surface area contributed by atoms with Crippen molar-refractivity contribution >= 4 is 15.9 Å². The van der Waals surface area contributed by atoms with E-state index in [1.54, 1.807) is 31.2 Å². The van der Waals surface area contributed by atoms with E-state index in [0.29, 0.717) is 38.5 Å². The molecule has 0 aliphatic carbocycles. The zero-order valence-corrected chi connectivity index (χ0v) is 17.9. The number of carbonyl (C=O) groups excluding carboxylic acids is 1. The van der Waals surface area contributed by atoms with E-state index in [-0.39, 0.29) is 10.9 Å². The zero-order chi connectivity index (χ0) is 21.3. The van der Waals surface area contributed by atoms with Gasteiger partial charge in [0.25, 0.3) is 0 Å². The van der Waals surface area contributed by atoms with E-state index in [2.05, 4.69) is 5.32 Å². The Kier molecular flexibility index (Phi) is 8.48. The Morgan fingerprint density at radius 3 is 2.34 bits per heavy atom. The minimum Gasteiger partial charge on any atom is -0.494 e. The molecule has 0 heterocycles. The molecule has 0 fully saturated rings. The van der Waals surface area contributed by atoms with Crippen LogP contribution in [0.4, 0.5) is 4.79 Å². The fourth-order valence-electron chi connectivity index (χ4n) is 2.71. The molecule has 7 nitrogen and oxygen atoms in total. The molecule has 0 radical (unpaired) electrons. The van der Waals surface area contributed by atoms with Crippen molar-refractivity contribution in [2.45, 2.75) is 24.5 Å². The third kappa shape index (κ3) is 7.40. The monoisotopic (exact) mass is 420 g/mol. The van der Waals surface area contributed by atoms with Gasteiger partial charge < -0.3 is 19.7 Å². The van der Waals surface area contributed by atoms with Crippen LogP contribution in [0.25, 0.3) is 0 Å². The summed E-state index contributed by atoms with van der Waals surface area (Å²) >= 11 is 0. The second-order valence-corrected chi connectivity index (χ2v) is 8.74. The Morgan fingerprint density at radius 2 is 1.72 bits per heavy atom. The number of nitrogens with zero attached hydrogens (tertiary/aromatic N) is 1. The number of rotatable bonds is 10. The number of ether oxygens (including phenoxy) is 2. The van der Waals surface area contributed by atoms with Crippen LogP contribution in [-0.4, -0.2) is 52.9 Å². The highest BCUT2D eigenvalue weighted by Gasteiger charge is 2.10. The largest absolute Gasteiger partial charge is 0.494 e. The molecule has 29 heavy (non-hydrogen) atoms. The SMILES string of the molecule is COCc1ccccc1CNC(=O)N(C)CCCOc1ccc(S(C)(=O)=O)cc1. The molecular weight excluding hydrogens is 392 g/mol. The van der Waals surface area contributed by atoms with Crippen LogP contribution in [0.5, 0.6) is 5.75 Å². The van der Waals surface area contributed by atoms with Gasteiger partial charge in [-0.05, 0) is 41.8 Å². The summed E-state index contributed by atoms with van der Waals surface area (Å²) in [6.07, 6.45) is 1.82. The molecule has 2 aromatic rings. The van der Waals surface area contributed by atoms with Gasteiger partial charge in [-0.25, -0.2) is 13.2 Å². The van der Waals surface area contributed by atoms with Crippen LogP contribution < -0.4 is 10.1 Å². The lowest BCUT2D eigenvalue weighted by atomic mass is 10.1. The fraction of sp³-hybridized carbons (Fsp3) is 0.381. The maximum Gasteiger partial charge on any atom is 0.317 e. The van der Waals surface area contributed by atoms with Gasteiger partial charge in [0.05, 0.1) is 18.1 Å². The molecule has 0 aliphatic rings. The Labute approximate surface area is 172 Å². The predicted molar refractivity (Wildman–Crippen MR) is 112 cm³/mol. The quantitative estimate of drug-likeness (QED) is 0.598. The van der Waals surface area contributed by atoms with Gasteiger partial charge in [0.2, 0.25) is 0 Å². The summed E-state index contributed by atoms with van der Waals surface area (Å²) in [5.74, 6) is 0.597. The van der Waals surface area contributed by atoms with Crippen molar-refractivity contribution in [1.29, 1.82) is 0 Å². The zero-order valence-electron chi connectivity index (χ0n) is 17.1. The van der Waals surface area contributed by atoms with E-state index in [9.17, 15) is 13.2 Å². The minimum absolute atomic E-state index is 0.158. The first kappa shape index (κ1) is 22.7. The lowest BCUT2D eigenvalue weighted by molar-refractivity contribution is 0.183. The number of carbonyl (C=O) groups is 1. The molecular formula is C21H28N2O5S. The summed E-state index contributed by atoms with van der Waals surface area (Å²) in [6, 6.07) is 14.0. The van der Waals surface area contributed by atoms with Crippen molar-refractivity contribution in [3.63, 3.8) is 0 Å². The molecule has 2 aromatic carbocycles. The first-order chi connectivity index (χ1) is 13.8. The molecule has 8 heteroatoms. The standard InChI is InChI=1S/C21H28N2O5S/c1-23(21(24)22-15-17-7-4-5-8-18(17)16-27-2)13-6-14-28-19-9-11-20(12-10-19)29(3,25)26/h4-5,7-12H,6,13-16H2,1-3H3,(H,22,24). The third-order valence-electron chi connectivity index (χ3n) is 4.35. The number of nitrogens with one attached hydrogen (secondary N) is 1. The van der Waals surface area contributed by atoms with Gasteiger partial charge in [-0.15, -0.1) is 0 Å². The number of benzene rings is 2. The third-order valence-corrected chi connectivity index (χ3v) is 5.48. The van der Waals surface area contributed by atoms with Crippen molar-refractivity contribution in [3.8, 4) is 5.75 Å². The number of sulfone groups is 1. The number of amides is 2. The molecule has 0 saturated carbocycles. The highest BCUT2D eigenvalue weighted by molar-refractivity contribution is 7.90. The highest BCUT2D eigenvalue weighted by atomic mass is 32.2. The molecule has 2 amide bonds. The van der Waals surface area contributed by atoms with Crippen molar-refractivity contribution in [1.82, 2.24) is 10.2 Å². The molecule has 158 valence electrons. The van der Waals surface area contributed by atoms with Gasteiger partial charge in [0.1, 0.15) is 5.75 Å². The summed E-state index contributed by atoms with van der Waals surface area (Å²) in [5.41, 5.74) is 2.07. The van der Waals surface area contributed by atoms with Crippen LogP contribution in [0, 0.1) is 0 Å². The van der Waals surface area contributed by atoms with Gasteiger partial charge in [-0.3, -0.25) is 0 Å². The van der Waals surface area contributed by atoms with Crippen molar-refractivity contribution in [2.75, 3.05) is 33.6 Å². The summed E-state index contributed by atoms with van der Waals surface area (Å²) in [6.45, 7) is 1.90. The number of methoxy groups -OCH3 is 1. The maximum atomic E-state index is 12.3. The Bertz CT molecular complexity index is 898. The fourth-order valence-corrected chi connectivity index (χ4v) is 3.34. The van der Waals surface area contributed by atoms with E-state index >= 15 is 0 Å². The number of hydrogen-bond acceptors (Lipinski definition) is 5. The second kappa shape index (κ2) is 10.8. The average molecular weight is 421 g/mol. The molecule has 0 saturated heterocycles. The molecule has 2 rings (SSSR count). The summed E-state index contributed by atoms with van der Waals surface area (Å²) in [7, 11) is 0.167. The predicted octanol–water partition coefficient (Wildman–Crippen LogP) is 2.85. The Morgan fingerprint density at radius 1 is 1.07 bits per heavy atom. The van der Waals surface area contributed by atoms with Crippen LogP contribution in [0.15, 0.2) is 53.4 Å². The van der Waals surface area contributed by atoms with Gasteiger partial charge >= 0.3 is 6.03 Å². The van der Waals surface area contributed by atoms with E-state index < -0.39 is 9.84 Å². The number of hydrogen-bond donors (Lipinski definition) is 1. The molecule has 0 aliphatic heterocycles. The van der Waals surface area contributed by atoms with Crippen molar-refractivity contribution < 1.29 is 22.7 Å². The lowest BCUT2D eigenvalue weighted by Gasteiger charge is -2.19. The minimum atomic E-state index is -3.21. The Hall–Kier alpha value is -2.58. The van der Waals surface area contributed by atoms with Gasteiger partial charge in [0, 0.05) is 33.5 Å². The number of urea groups is 1. The summed E-state index contributed by atoms with van der Waals surface area (Å²) < 4.78 is 33.7. The normalized spacial score (nSPS) is 11.1. The molecule has 0 atom stereocenters. The van der Waals surface area contributed by atoms with E-state index in [0.717, 1.165) is 11.1 Å². The van der Waals surface area contributed by atoms with Crippen LogP contribution in [0.3, 0.4) is 0 Å². The van der Waals surface area contributed by atoms with Gasteiger partial charge in [-0.2, -0.15) is 0 Å². The van der Waals surface area contributed by atoms with Gasteiger partial charge in [-0.1, -0.05) is 24.3 Å². The van der Waals surface area contributed by atoms with Crippen LogP contribution in [0.1, 0.15) is 17.5 Å². The first-order valence-electron chi connectivity index (χ1n) is 9.29.